The predicted molar refractivity (Wildman–Crippen MR) is 50.2 cm³/mol. The van der Waals surface area contributed by atoms with E-state index in [0.717, 1.165) is 18.5 Å². The molecule has 0 bridgehead atoms. The third-order valence-electron chi connectivity index (χ3n) is 1.75. The standard InChI is InChI=1S/C9H9FN2O4/c10-6-1-5(2-11-3-6)8(14)12-7(4-13)9(15)16/h1-3,7,13H,4H2,(H,12,14)(H,15,16). The zero-order valence-electron chi connectivity index (χ0n) is 8.05. The average Bonchev–Trinajstić information content (AvgIpc) is 2.25. The van der Waals surface area contributed by atoms with E-state index in [1.807, 2.05) is 5.32 Å². The van der Waals surface area contributed by atoms with E-state index in [9.17, 15) is 14.0 Å². The molecule has 0 aliphatic carbocycles. The van der Waals surface area contributed by atoms with Crippen LogP contribution in [0.4, 0.5) is 4.39 Å². The van der Waals surface area contributed by atoms with E-state index in [0.29, 0.717) is 0 Å². The fourth-order valence-corrected chi connectivity index (χ4v) is 0.963. The number of amides is 1. The van der Waals surface area contributed by atoms with Crippen LogP contribution in [-0.2, 0) is 4.79 Å². The molecule has 0 aliphatic heterocycles. The zero-order valence-corrected chi connectivity index (χ0v) is 8.05. The molecule has 1 unspecified atom stereocenters. The van der Waals surface area contributed by atoms with Crippen molar-refractivity contribution in [3.8, 4) is 0 Å². The summed E-state index contributed by atoms with van der Waals surface area (Å²) >= 11 is 0. The molecule has 0 saturated carbocycles. The average molecular weight is 228 g/mol. The van der Waals surface area contributed by atoms with Gasteiger partial charge >= 0.3 is 5.97 Å². The molecule has 1 aromatic heterocycles. The van der Waals surface area contributed by atoms with Crippen molar-refractivity contribution in [1.29, 1.82) is 0 Å². The van der Waals surface area contributed by atoms with E-state index >= 15 is 0 Å². The molecule has 3 N–H and O–H groups in total. The van der Waals surface area contributed by atoms with Crippen molar-refractivity contribution in [2.45, 2.75) is 6.04 Å². The zero-order chi connectivity index (χ0) is 12.1. The second-order valence-corrected chi connectivity index (χ2v) is 2.94. The maximum Gasteiger partial charge on any atom is 0.328 e. The number of hydrogen-bond donors (Lipinski definition) is 3. The number of pyridine rings is 1. The monoisotopic (exact) mass is 228 g/mol. The van der Waals surface area contributed by atoms with Crippen LogP contribution in [0.25, 0.3) is 0 Å². The second-order valence-electron chi connectivity index (χ2n) is 2.94. The normalized spacial score (nSPS) is 11.9. The van der Waals surface area contributed by atoms with Crippen LogP contribution < -0.4 is 5.32 Å². The maximum absolute atomic E-state index is 12.7. The van der Waals surface area contributed by atoms with Gasteiger partial charge in [-0.3, -0.25) is 9.78 Å². The largest absolute Gasteiger partial charge is 0.480 e. The Morgan fingerprint density at radius 3 is 2.69 bits per heavy atom. The quantitative estimate of drug-likeness (QED) is 0.638. The highest BCUT2D eigenvalue weighted by Gasteiger charge is 2.19. The molecular weight excluding hydrogens is 219 g/mol. The fourth-order valence-electron chi connectivity index (χ4n) is 0.963. The Morgan fingerprint density at radius 1 is 1.50 bits per heavy atom. The van der Waals surface area contributed by atoms with Crippen LogP contribution in [0.2, 0.25) is 0 Å². The molecule has 0 aliphatic rings. The summed E-state index contributed by atoms with van der Waals surface area (Å²) in [6.45, 7) is -0.746. The van der Waals surface area contributed by atoms with Gasteiger partial charge < -0.3 is 15.5 Å². The van der Waals surface area contributed by atoms with Gasteiger partial charge in [0.25, 0.3) is 5.91 Å². The van der Waals surface area contributed by atoms with Crippen molar-refractivity contribution in [2.75, 3.05) is 6.61 Å². The Morgan fingerprint density at radius 2 is 2.19 bits per heavy atom. The molecule has 1 atom stereocenters. The molecule has 0 saturated heterocycles. The Hall–Kier alpha value is -2.02. The van der Waals surface area contributed by atoms with Crippen molar-refractivity contribution in [2.24, 2.45) is 0 Å². The number of halogens is 1. The summed E-state index contributed by atoms with van der Waals surface area (Å²) in [7, 11) is 0. The van der Waals surface area contributed by atoms with Gasteiger partial charge in [-0.05, 0) is 6.07 Å². The summed E-state index contributed by atoms with van der Waals surface area (Å²) in [6.07, 6.45) is 2.01. The molecule has 0 radical (unpaired) electrons. The fraction of sp³-hybridized carbons (Fsp3) is 0.222. The molecule has 16 heavy (non-hydrogen) atoms. The first kappa shape index (κ1) is 12.1. The number of rotatable bonds is 4. The lowest BCUT2D eigenvalue weighted by molar-refractivity contribution is -0.140. The molecule has 7 heteroatoms. The van der Waals surface area contributed by atoms with Crippen LogP contribution in [-0.4, -0.2) is 39.7 Å². The number of carboxylic acids is 1. The number of nitrogens with one attached hydrogen (secondary N) is 1. The lowest BCUT2D eigenvalue weighted by atomic mass is 10.2. The number of nitrogens with zero attached hydrogens (tertiary/aromatic N) is 1. The van der Waals surface area contributed by atoms with Gasteiger partial charge in [0.05, 0.1) is 18.4 Å². The molecule has 0 spiro atoms. The van der Waals surface area contributed by atoms with Gasteiger partial charge in [0.1, 0.15) is 5.82 Å². The van der Waals surface area contributed by atoms with Crippen LogP contribution in [0.5, 0.6) is 0 Å². The number of hydrogen-bond acceptors (Lipinski definition) is 4. The first-order chi connectivity index (χ1) is 7.54. The number of carboxylic acid groups (broad SMARTS) is 1. The van der Waals surface area contributed by atoms with Gasteiger partial charge in [0.15, 0.2) is 6.04 Å². The summed E-state index contributed by atoms with van der Waals surface area (Å²) in [6, 6.07) is -0.505. The van der Waals surface area contributed by atoms with E-state index in [1.165, 1.54) is 0 Å². The number of carbonyl (C=O) groups is 2. The molecule has 1 heterocycles. The van der Waals surface area contributed by atoms with Crippen LogP contribution in [0.15, 0.2) is 18.5 Å². The predicted octanol–water partition coefficient (Wildman–Crippen LogP) is -0.604. The first-order valence-electron chi connectivity index (χ1n) is 4.29. The summed E-state index contributed by atoms with van der Waals surface area (Å²) in [5.41, 5.74) is -0.111. The number of aliphatic hydroxyl groups excluding tert-OH is 1. The highest BCUT2D eigenvalue weighted by molar-refractivity contribution is 5.96. The van der Waals surface area contributed by atoms with E-state index < -0.39 is 30.3 Å². The minimum Gasteiger partial charge on any atom is -0.480 e. The topological polar surface area (TPSA) is 99.5 Å². The van der Waals surface area contributed by atoms with Gasteiger partial charge in [-0.15, -0.1) is 0 Å². The molecule has 1 aromatic rings. The van der Waals surface area contributed by atoms with Crippen LogP contribution in [0, 0.1) is 5.82 Å². The Bertz CT molecular complexity index is 410. The third kappa shape index (κ3) is 2.99. The Balaban J connectivity index is 2.75. The van der Waals surface area contributed by atoms with Gasteiger partial charge in [-0.25, -0.2) is 9.18 Å². The molecule has 86 valence electrons. The lowest BCUT2D eigenvalue weighted by Crippen LogP contribution is -2.43. The molecule has 0 aromatic carbocycles. The first-order valence-corrected chi connectivity index (χ1v) is 4.29. The van der Waals surface area contributed by atoms with Crippen molar-refractivity contribution in [1.82, 2.24) is 10.3 Å². The minimum absolute atomic E-state index is 0.111. The highest BCUT2D eigenvalue weighted by atomic mass is 19.1. The van der Waals surface area contributed by atoms with Gasteiger partial charge in [0, 0.05) is 6.20 Å². The summed E-state index contributed by atoms with van der Waals surface area (Å²) in [5, 5.41) is 19.2. The Labute approximate surface area is 89.7 Å². The second kappa shape index (κ2) is 5.17. The van der Waals surface area contributed by atoms with E-state index in [-0.39, 0.29) is 5.56 Å². The van der Waals surface area contributed by atoms with Crippen molar-refractivity contribution >= 4 is 11.9 Å². The van der Waals surface area contributed by atoms with Crippen molar-refractivity contribution in [3.05, 3.63) is 29.8 Å². The molecule has 0 fully saturated rings. The van der Waals surface area contributed by atoms with E-state index in [4.69, 9.17) is 10.2 Å². The highest BCUT2D eigenvalue weighted by Crippen LogP contribution is 2.01. The number of carbonyl (C=O) groups excluding carboxylic acids is 1. The van der Waals surface area contributed by atoms with E-state index in [1.54, 1.807) is 0 Å². The van der Waals surface area contributed by atoms with Crippen molar-refractivity contribution in [3.63, 3.8) is 0 Å². The SMILES string of the molecule is O=C(NC(CO)C(=O)O)c1cncc(F)c1. The smallest absolute Gasteiger partial charge is 0.328 e. The number of aliphatic hydroxyl groups is 1. The number of aromatic nitrogens is 1. The third-order valence-corrected chi connectivity index (χ3v) is 1.75. The van der Waals surface area contributed by atoms with Gasteiger partial charge in [-0.1, -0.05) is 0 Å². The van der Waals surface area contributed by atoms with Crippen LogP contribution in [0.3, 0.4) is 0 Å². The summed E-state index contributed by atoms with van der Waals surface area (Å²) < 4.78 is 12.7. The maximum atomic E-state index is 12.7. The minimum atomic E-state index is -1.42. The van der Waals surface area contributed by atoms with Crippen LogP contribution in [0.1, 0.15) is 10.4 Å². The number of aliphatic carboxylic acids is 1. The lowest BCUT2D eigenvalue weighted by Gasteiger charge is -2.11. The van der Waals surface area contributed by atoms with Gasteiger partial charge in [-0.2, -0.15) is 0 Å². The van der Waals surface area contributed by atoms with Crippen LogP contribution >= 0.6 is 0 Å². The van der Waals surface area contributed by atoms with Crippen molar-refractivity contribution < 1.29 is 24.2 Å². The summed E-state index contributed by atoms with van der Waals surface area (Å²) in [4.78, 5) is 25.3. The summed E-state index contributed by atoms with van der Waals surface area (Å²) in [5.74, 6) is -2.89. The Kier molecular flexibility index (Phi) is 3.90. The molecule has 6 nitrogen and oxygen atoms in total. The molecular formula is C9H9FN2O4. The van der Waals surface area contributed by atoms with E-state index in [2.05, 4.69) is 4.98 Å². The molecule has 1 amide bonds. The van der Waals surface area contributed by atoms with Gasteiger partial charge in [0.2, 0.25) is 0 Å². The molecule has 1 rings (SSSR count).